The minimum absolute atomic E-state index is 0.00548. The first-order valence-corrected chi connectivity index (χ1v) is 8.21. The number of urea groups is 1. The summed E-state index contributed by atoms with van der Waals surface area (Å²) in [4.78, 5) is 22.0. The molecule has 2 aromatic rings. The van der Waals surface area contributed by atoms with E-state index in [2.05, 4.69) is 15.4 Å². The van der Waals surface area contributed by atoms with Crippen molar-refractivity contribution in [2.45, 2.75) is 4.90 Å². The smallest absolute Gasteiger partial charge is 0.320 e. The maximum Gasteiger partial charge on any atom is 0.320 e. The second-order valence-corrected chi connectivity index (χ2v) is 6.31. The van der Waals surface area contributed by atoms with Crippen LogP contribution in [0, 0.1) is 10.1 Å². The van der Waals surface area contributed by atoms with Crippen LogP contribution in [0.25, 0.3) is 0 Å². The first-order valence-electron chi connectivity index (χ1n) is 6.73. The molecule has 2 amide bonds. The second kappa shape index (κ2) is 7.53. The van der Waals surface area contributed by atoms with Gasteiger partial charge in [0.25, 0.3) is 5.69 Å². The van der Waals surface area contributed by atoms with Gasteiger partial charge in [0.1, 0.15) is 5.69 Å². The van der Waals surface area contributed by atoms with Crippen LogP contribution in [-0.2, 0) is 10.0 Å². The van der Waals surface area contributed by atoms with Crippen LogP contribution >= 0.6 is 0 Å². The molecule has 0 saturated heterocycles. The molecule has 0 aliphatic heterocycles. The number of carbonyl (C=O) groups is 1. The van der Waals surface area contributed by atoms with Crippen molar-refractivity contribution in [3.05, 3.63) is 64.7 Å². The Morgan fingerprint density at radius 3 is 2.33 bits per heavy atom. The Labute approximate surface area is 137 Å². The lowest BCUT2D eigenvalue weighted by molar-refractivity contribution is -0.383. The number of para-hydroxylation sites is 2. The third-order valence-corrected chi connectivity index (χ3v) is 4.33. The fraction of sp³-hybridized carbons (Fsp3) is 0.0714. The molecule has 0 saturated carbocycles. The van der Waals surface area contributed by atoms with Gasteiger partial charge in [-0.2, -0.15) is 4.72 Å². The van der Waals surface area contributed by atoms with E-state index in [-0.39, 0.29) is 22.9 Å². The first-order chi connectivity index (χ1) is 11.4. The number of nitro benzene ring substituents is 1. The number of nitro groups is 1. The van der Waals surface area contributed by atoms with E-state index in [9.17, 15) is 23.3 Å². The van der Waals surface area contributed by atoms with Crippen molar-refractivity contribution < 1.29 is 18.1 Å². The van der Waals surface area contributed by atoms with Crippen molar-refractivity contribution in [3.63, 3.8) is 0 Å². The Morgan fingerprint density at radius 2 is 1.67 bits per heavy atom. The van der Waals surface area contributed by atoms with Gasteiger partial charge in [-0.1, -0.05) is 30.3 Å². The molecule has 0 aliphatic rings. The normalized spacial score (nSPS) is 10.8. The van der Waals surface area contributed by atoms with Gasteiger partial charge in [0.15, 0.2) is 0 Å². The summed E-state index contributed by atoms with van der Waals surface area (Å²) in [6.45, 7) is -0.371. The standard InChI is InChI=1S/C14H14N4O5S/c19-14(17-12-8-4-5-9-13(12)18(20)21)15-10-16-24(22,23)11-6-2-1-3-7-11/h1-9,16H,10H2,(H2,15,17,19). The number of hydrogen-bond acceptors (Lipinski definition) is 5. The minimum Gasteiger partial charge on any atom is -0.324 e. The van der Waals surface area contributed by atoms with Crippen LogP contribution in [0.15, 0.2) is 59.5 Å². The topological polar surface area (TPSA) is 130 Å². The van der Waals surface area contributed by atoms with Crippen molar-refractivity contribution in [2.75, 3.05) is 12.0 Å². The number of rotatable bonds is 6. The maximum absolute atomic E-state index is 11.9. The quantitative estimate of drug-likeness (QED) is 0.414. The molecule has 0 spiro atoms. The highest BCUT2D eigenvalue weighted by Crippen LogP contribution is 2.22. The molecule has 0 heterocycles. The lowest BCUT2D eigenvalue weighted by Gasteiger charge is -2.09. The zero-order valence-corrected chi connectivity index (χ0v) is 13.1. The van der Waals surface area contributed by atoms with Crippen LogP contribution in [-0.4, -0.2) is 26.0 Å². The monoisotopic (exact) mass is 350 g/mol. The molecule has 2 aromatic carbocycles. The van der Waals surface area contributed by atoms with Crippen LogP contribution < -0.4 is 15.4 Å². The van der Waals surface area contributed by atoms with E-state index in [4.69, 9.17) is 0 Å². The molecule has 0 aromatic heterocycles. The van der Waals surface area contributed by atoms with Gasteiger partial charge in [0, 0.05) is 6.07 Å². The highest BCUT2D eigenvalue weighted by Gasteiger charge is 2.16. The Bertz CT molecular complexity index is 839. The van der Waals surface area contributed by atoms with E-state index in [1.807, 2.05) is 0 Å². The van der Waals surface area contributed by atoms with Crippen molar-refractivity contribution in [1.29, 1.82) is 0 Å². The molecule has 0 atom stereocenters. The van der Waals surface area contributed by atoms with Gasteiger partial charge in [-0.25, -0.2) is 13.2 Å². The number of nitrogens with zero attached hydrogens (tertiary/aromatic N) is 1. The van der Waals surface area contributed by atoms with E-state index in [0.717, 1.165) is 0 Å². The largest absolute Gasteiger partial charge is 0.324 e. The van der Waals surface area contributed by atoms with Crippen LogP contribution in [0.4, 0.5) is 16.2 Å². The van der Waals surface area contributed by atoms with Crippen molar-refractivity contribution >= 4 is 27.4 Å². The molecule has 0 bridgehead atoms. The average molecular weight is 350 g/mol. The first kappa shape index (κ1) is 17.4. The molecule has 9 nitrogen and oxygen atoms in total. The second-order valence-electron chi connectivity index (χ2n) is 4.54. The van der Waals surface area contributed by atoms with Gasteiger partial charge < -0.3 is 10.6 Å². The number of hydrogen-bond donors (Lipinski definition) is 3. The summed E-state index contributed by atoms with van der Waals surface area (Å²) in [5.41, 5.74) is -0.261. The third-order valence-electron chi connectivity index (χ3n) is 2.91. The van der Waals surface area contributed by atoms with Gasteiger partial charge in [0.05, 0.1) is 16.5 Å². The molecule has 0 aliphatic carbocycles. The van der Waals surface area contributed by atoms with E-state index < -0.39 is 21.0 Å². The van der Waals surface area contributed by atoms with Gasteiger partial charge in [-0.05, 0) is 18.2 Å². The zero-order valence-electron chi connectivity index (χ0n) is 12.3. The van der Waals surface area contributed by atoms with E-state index in [1.54, 1.807) is 18.2 Å². The van der Waals surface area contributed by atoms with E-state index >= 15 is 0 Å². The number of nitrogens with one attached hydrogen (secondary N) is 3. The van der Waals surface area contributed by atoms with Gasteiger partial charge in [0.2, 0.25) is 10.0 Å². The summed E-state index contributed by atoms with van der Waals surface area (Å²) in [7, 11) is -3.75. The van der Waals surface area contributed by atoms with E-state index in [0.29, 0.717) is 0 Å². The molecule has 24 heavy (non-hydrogen) atoms. The number of carbonyl (C=O) groups excluding carboxylic acids is 1. The summed E-state index contributed by atoms with van der Waals surface area (Å²) in [5.74, 6) is 0. The molecule has 0 unspecified atom stereocenters. The zero-order chi connectivity index (χ0) is 17.6. The molecule has 0 radical (unpaired) electrons. The molecule has 126 valence electrons. The third kappa shape index (κ3) is 4.51. The summed E-state index contributed by atoms with van der Waals surface area (Å²) in [6.07, 6.45) is 0. The van der Waals surface area contributed by atoms with Gasteiger partial charge >= 0.3 is 6.03 Å². The summed E-state index contributed by atoms with van der Waals surface area (Å²) < 4.78 is 26.1. The summed E-state index contributed by atoms with van der Waals surface area (Å²) in [5, 5.41) is 15.4. The number of amides is 2. The lowest BCUT2D eigenvalue weighted by Crippen LogP contribution is -2.39. The van der Waals surface area contributed by atoms with E-state index in [1.165, 1.54) is 36.4 Å². The maximum atomic E-state index is 11.9. The predicted octanol–water partition coefficient (Wildman–Crippen LogP) is 1.65. The van der Waals surface area contributed by atoms with Crippen LogP contribution in [0.5, 0.6) is 0 Å². The minimum atomic E-state index is -3.75. The molecular formula is C14H14N4O5S. The molecule has 2 rings (SSSR count). The summed E-state index contributed by atoms with van der Waals surface area (Å²) in [6, 6.07) is 12.5. The molecule has 10 heteroatoms. The van der Waals surface area contributed by atoms with Crippen LogP contribution in [0.3, 0.4) is 0 Å². The molecule has 3 N–H and O–H groups in total. The van der Waals surface area contributed by atoms with Crippen molar-refractivity contribution in [2.24, 2.45) is 0 Å². The number of sulfonamides is 1. The fourth-order valence-corrected chi connectivity index (χ4v) is 2.74. The van der Waals surface area contributed by atoms with Crippen LogP contribution in [0.1, 0.15) is 0 Å². The Hall–Kier alpha value is -2.98. The Balaban J connectivity index is 1.92. The Kier molecular flexibility index (Phi) is 5.45. The van der Waals surface area contributed by atoms with Crippen molar-refractivity contribution in [1.82, 2.24) is 10.0 Å². The summed E-state index contributed by atoms with van der Waals surface area (Å²) >= 11 is 0. The fourth-order valence-electron chi connectivity index (χ4n) is 1.80. The highest BCUT2D eigenvalue weighted by atomic mass is 32.2. The van der Waals surface area contributed by atoms with Crippen LogP contribution in [0.2, 0.25) is 0 Å². The van der Waals surface area contributed by atoms with Crippen molar-refractivity contribution in [3.8, 4) is 0 Å². The van der Waals surface area contributed by atoms with Gasteiger partial charge in [-0.3, -0.25) is 10.1 Å². The number of benzene rings is 2. The lowest BCUT2D eigenvalue weighted by atomic mass is 10.3. The van der Waals surface area contributed by atoms with Gasteiger partial charge in [-0.15, -0.1) is 0 Å². The average Bonchev–Trinajstić information content (AvgIpc) is 2.56. The number of anilines is 1. The predicted molar refractivity (Wildman–Crippen MR) is 86.9 cm³/mol. The highest BCUT2D eigenvalue weighted by molar-refractivity contribution is 7.89. The molecular weight excluding hydrogens is 336 g/mol. The Morgan fingerprint density at radius 1 is 1.04 bits per heavy atom. The molecule has 0 fully saturated rings. The SMILES string of the molecule is O=C(NCNS(=O)(=O)c1ccccc1)Nc1ccccc1[N+](=O)[O-].